The van der Waals surface area contributed by atoms with Crippen LogP contribution in [0, 0.1) is 0 Å². The molecule has 5 nitrogen and oxygen atoms in total. The zero-order chi connectivity index (χ0) is 17.4. The summed E-state index contributed by atoms with van der Waals surface area (Å²) in [7, 11) is 1.84. The molecule has 1 aromatic rings. The molecule has 1 aliphatic heterocycles. The van der Waals surface area contributed by atoms with Gasteiger partial charge in [0.2, 0.25) is 5.91 Å². The van der Waals surface area contributed by atoms with E-state index in [2.05, 4.69) is 38.1 Å². The van der Waals surface area contributed by atoms with Crippen LogP contribution in [0.3, 0.4) is 0 Å². The Balaban J connectivity index is 1.84. The summed E-state index contributed by atoms with van der Waals surface area (Å²) < 4.78 is 1.03. The fraction of sp³-hybridized carbons (Fsp3) is 0.556. The number of amides is 1. The van der Waals surface area contributed by atoms with Crippen LogP contribution < -0.4 is 5.32 Å². The first-order chi connectivity index (χ1) is 11.6. The van der Waals surface area contributed by atoms with Crippen molar-refractivity contribution in [3.63, 3.8) is 0 Å². The predicted octanol–water partition coefficient (Wildman–Crippen LogP) is 2.86. The molecule has 1 heterocycles. The molecule has 1 aliphatic rings. The maximum Gasteiger partial charge on any atom is 0.224 e. The lowest BCUT2D eigenvalue weighted by molar-refractivity contribution is -0.130. The summed E-state index contributed by atoms with van der Waals surface area (Å²) in [6, 6.07) is 7.99. The summed E-state index contributed by atoms with van der Waals surface area (Å²) in [6.07, 6.45) is 2.87. The highest BCUT2D eigenvalue weighted by molar-refractivity contribution is 9.10. The van der Waals surface area contributed by atoms with Gasteiger partial charge in [-0.15, -0.1) is 0 Å². The summed E-state index contributed by atoms with van der Waals surface area (Å²) in [4.78, 5) is 21.0. The zero-order valence-electron chi connectivity index (χ0n) is 14.6. The van der Waals surface area contributed by atoms with E-state index in [4.69, 9.17) is 0 Å². The number of hydrogen-bond donors (Lipinski definition) is 1. The summed E-state index contributed by atoms with van der Waals surface area (Å²) >= 11 is 3.53. The molecule has 0 atom stereocenters. The minimum Gasteiger partial charge on any atom is -0.357 e. The highest BCUT2D eigenvalue weighted by atomic mass is 79.9. The quantitative estimate of drug-likeness (QED) is 0.595. The lowest BCUT2D eigenvalue weighted by Gasteiger charge is -2.21. The molecule has 132 valence electrons. The molecule has 2 rings (SSSR count). The highest BCUT2D eigenvalue weighted by Gasteiger charge is 2.16. The van der Waals surface area contributed by atoms with Crippen LogP contribution in [0.5, 0.6) is 0 Å². The number of likely N-dealkylation sites (tertiary alicyclic amines) is 1. The fourth-order valence-electron chi connectivity index (χ4n) is 2.77. The van der Waals surface area contributed by atoms with E-state index in [1.165, 1.54) is 12.8 Å². The van der Waals surface area contributed by atoms with Gasteiger partial charge in [0.25, 0.3) is 0 Å². The van der Waals surface area contributed by atoms with Gasteiger partial charge in [0.15, 0.2) is 5.96 Å². The topological polar surface area (TPSA) is 47.9 Å². The van der Waals surface area contributed by atoms with Gasteiger partial charge in [-0.1, -0.05) is 34.1 Å². The van der Waals surface area contributed by atoms with Crippen molar-refractivity contribution in [2.24, 2.45) is 4.99 Å². The average Bonchev–Trinajstić information content (AvgIpc) is 3.10. The second-order valence-electron chi connectivity index (χ2n) is 6.02. The van der Waals surface area contributed by atoms with Crippen molar-refractivity contribution in [1.82, 2.24) is 15.1 Å². The number of benzene rings is 1. The van der Waals surface area contributed by atoms with Crippen molar-refractivity contribution in [2.45, 2.75) is 32.7 Å². The zero-order valence-corrected chi connectivity index (χ0v) is 16.2. The van der Waals surface area contributed by atoms with Gasteiger partial charge in [0.1, 0.15) is 0 Å². The van der Waals surface area contributed by atoms with Crippen LogP contribution in [0.4, 0.5) is 0 Å². The molecule has 0 aliphatic carbocycles. The van der Waals surface area contributed by atoms with Crippen molar-refractivity contribution in [3.8, 4) is 0 Å². The van der Waals surface area contributed by atoms with Crippen LogP contribution in [0.25, 0.3) is 0 Å². The summed E-state index contributed by atoms with van der Waals surface area (Å²) in [6.45, 7) is 6.17. The van der Waals surface area contributed by atoms with E-state index >= 15 is 0 Å². The predicted molar refractivity (Wildman–Crippen MR) is 102 cm³/mol. The number of hydrogen-bond acceptors (Lipinski definition) is 2. The maximum atomic E-state index is 12.3. The molecule has 1 saturated heterocycles. The summed E-state index contributed by atoms with van der Waals surface area (Å²) in [5.41, 5.74) is 1.11. The van der Waals surface area contributed by atoms with Gasteiger partial charge in [-0.3, -0.25) is 9.79 Å². The van der Waals surface area contributed by atoms with Gasteiger partial charge in [-0.25, -0.2) is 0 Å². The highest BCUT2D eigenvalue weighted by Crippen LogP contribution is 2.17. The first-order valence-corrected chi connectivity index (χ1v) is 9.41. The molecule has 1 N–H and O–H groups in total. The van der Waals surface area contributed by atoms with E-state index in [-0.39, 0.29) is 5.91 Å². The van der Waals surface area contributed by atoms with E-state index < -0.39 is 0 Å². The molecule has 0 bridgehead atoms. The SMILES string of the molecule is CCNC(=NCCC(=O)N(C)Cc1ccccc1Br)N1CCCC1. The van der Waals surface area contributed by atoms with E-state index in [0.29, 0.717) is 19.5 Å². The Hall–Kier alpha value is -1.56. The fourth-order valence-corrected chi connectivity index (χ4v) is 3.18. The second kappa shape index (κ2) is 9.67. The number of guanidine groups is 1. The Kier molecular flexibility index (Phi) is 7.56. The lowest BCUT2D eigenvalue weighted by atomic mass is 10.2. The van der Waals surface area contributed by atoms with E-state index in [1.807, 2.05) is 31.3 Å². The Bertz CT molecular complexity index is 570. The summed E-state index contributed by atoms with van der Waals surface area (Å²) in [5.74, 6) is 1.06. The van der Waals surface area contributed by atoms with E-state index in [1.54, 1.807) is 4.90 Å². The molecule has 1 aromatic carbocycles. The third-order valence-corrected chi connectivity index (χ3v) is 4.89. The molecule has 1 fully saturated rings. The number of nitrogens with zero attached hydrogens (tertiary/aromatic N) is 3. The van der Waals surface area contributed by atoms with Gasteiger partial charge in [-0.05, 0) is 31.4 Å². The monoisotopic (exact) mass is 394 g/mol. The van der Waals surface area contributed by atoms with Crippen LogP contribution in [-0.2, 0) is 11.3 Å². The molecule has 0 unspecified atom stereocenters. The first-order valence-electron chi connectivity index (χ1n) is 8.62. The van der Waals surface area contributed by atoms with Crippen LogP contribution in [0.15, 0.2) is 33.7 Å². The van der Waals surface area contributed by atoms with Crippen molar-refractivity contribution < 1.29 is 4.79 Å². The van der Waals surface area contributed by atoms with Gasteiger partial charge in [0, 0.05) is 44.1 Å². The number of carbonyl (C=O) groups is 1. The Morgan fingerprint density at radius 1 is 1.33 bits per heavy atom. The molecule has 0 saturated carbocycles. The molecule has 0 spiro atoms. The van der Waals surface area contributed by atoms with Gasteiger partial charge < -0.3 is 15.1 Å². The molecule has 1 amide bonds. The Labute approximate surface area is 153 Å². The minimum absolute atomic E-state index is 0.117. The molecule has 0 radical (unpaired) electrons. The maximum absolute atomic E-state index is 12.3. The molecular weight excluding hydrogens is 368 g/mol. The lowest BCUT2D eigenvalue weighted by Crippen LogP contribution is -2.39. The number of halogens is 1. The number of carbonyl (C=O) groups excluding carboxylic acids is 1. The number of rotatable bonds is 6. The van der Waals surface area contributed by atoms with Gasteiger partial charge >= 0.3 is 0 Å². The van der Waals surface area contributed by atoms with Gasteiger partial charge in [0.05, 0.1) is 6.54 Å². The second-order valence-corrected chi connectivity index (χ2v) is 6.88. The van der Waals surface area contributed by atoms with Crippen LogP contribution in [-0.4, -0.2) is 54.9 Å². The van der Waals surface area contributed by atoms with Crippen molar-refractivity contribution >= 4 is 27.8 Å². The largest absolute Gasteiger partial charge is 0.357 e. The van der Waals surface area contributed by atoms with Crippen LogP contribution in [0.1, 0.15) is 31.7 Å². The van der Waals surface area contributed by atoms with Gasteiger partial charge in [-0.2, -0.15) is 0 Å². The molecule has 6 heteroatoms. The third kappa shape index (κ3) is 5.51. The molecular formula is C18H27BrN4O. The van der Waals surface area contributed by atoms with Crippen molar-refractivity contribution in [2.75, 3.05) is 33.2 Å². The van der Waals surface area contributed by atoms with Crippen molar-refractivity contribution in [3.05, 3.63) is 34.3 Å². The third-order valence-electron chi connectivity index (χ3n) is 4.12. The minimum atomic E-state index is 0.117. The van der Waals surface area contributed by atoms with Crippen LogP contribution in [0.2, 0.25) is 0 Å². The summed E-state index contributed by atoms with van der Waals surface area (Å²) in [5, 5.41) is 3.32. The van der Waals surface area contributed by atoms with Crippen molar-refractivity contribution in [1.29, 1.82) is 0 Å². The standard InChI is InChI=1S/C18H27BrN4O/c1-3-20-18(23-12-6-7-13-23)21-11-10-17(24)22(2)14-15-8-4-5-9-16(15)19/h4-5,8-9H,3,6-7,10-14H2,1-2H3,(H,20,21). The van der Waals surface area contributed by atoms with E-state index in [9.17, 15) is 4.79 Å². The molecule has 0 aromatic heterocycles. The van der Waals surface area contributed by atoms with Crippen LogP contribution >= 0.6 is 15.9 Å². The number of aliphatic imine (C=N–C) groups is 1. The molecule has 24 heavy (non-hydrogen) atoms. The smallest absolute Gasteiger partial charge is 0.224 e. The first kappa shape index (κ1) is 18.8. The Morgan fingerprint density at radius 3 is 2.71 bits per heavy atom. The number of nitrogens with one attached hydrogen (secondary N) is 1. The average molecular weight is 395 g/mol. The van der Waals surface area contributed by atoms with E-state index in [0.717, 1.165) is 35.6 Å². The Morgan fingerprint density at radius 2 is 2.04 bits per heavy atom. The normalized spacial score (nSPS) is 14.8.